The van der Waals surface area contributed by atoms with Crippen molar-refractivity contribution in [2.75, 3.05) is 25.5 Å². The Morgan fingerprint density at radius 3 is 2.50 bits per heavy atom. The molecule has 0 fully saturated rings. The molecule has 3 N–H and O–H groups in total. The average Bonchev–Trinajstić information content (AvgIpc) is 2.81. The maximum atomic E-state index is 13.0. The number of anilines is 1. The first kappa shape index (κ1) is 28.8. The van der Waals surface area contributed by atoms with Crippen molar-refractivity contribution >= 4 is 35.6 Å². The maximum absolute atomic E-state index is 13.0. The standard InChI is InChI=1S/C23H24ClFN4O3.C3H8O/c1-15-20(14-30)21(16-5-3-6-17(24)13-16)29(23(32)26-15)12-4-11-28(2)22(31)27-19-9-7-18(25)8-10-19;1-3(2)4/h3,5-10,13-14,21H,4,11-12H2,1-2H3,(H,26,32)(H,27,31);3-4H,1-2H3. The number of hydrogen-bond acceptors (Lipinski definition) is 4. The highest BCUT2D eigenvalue weighted by Gasteiger charge is 2.34. The lowest BCUT2D eigenvalue weighted by Crippen LogP contribution is -2.48. The summed E-state index contributed by atoms with van der Waals surface area (Å²) >= 11 is 6.14. The van der Waals surface area contributed by atoms with Crippen molar-refractivity contribution in [3.05, 3.63) is 76.2 Å². The van der Waals surface area contributed by atoms with Crippen LogP contribution in [0.1, 0.15) is 38.8 Å². The number of aliphatic hydroxyl groups is 1. The van der Waals surface area contributed by atoms with Crippen LogP contribution in [0.4, 0.5) is 19.7 Å². The number of benzene rings is 2. The summed E-state index contributed by atoms with van der Waals surface area (Å²) in [7, 11) is 1.63. The van der Waals surface area contributed by atoms with Gasteiger partial charge < -0.3 is 25.5 Å². The van der Waals surface area contributed by atoms with Crippen molar-refractivity contribution in [3.63, 3.8) is 0 Å². The normalized spacial score (nSPS) is 15.2. The number of nitrogens with zero attached hydrogens (tertiary/aromatic N) is 2. The summed E-state index contributed by atoms with van der Waals surface area (Å²) in [4.78, 5) is 39.9. The van der Waals surface area contributed by atoms with E-state index in [1.807, 2.05) is 6.07 Å². The average molecular weight is 519 g/mol. The molecule has 4 amide bonds. The summed E-state index contributed by atoms with van der Waals surface area (Å²) < 4.78 is 13.0. The Kier molecular flexibility index (Phi) is 10.9. The lowest BCUT2D eigenvalue weighted by molar-refractivity contribution is -0.105. The lowest BCUT2D eigenvalue weighted by Gasteiger charge is -2.37. The van der Waals surface area contributed by atoms with E-state index in [1.54, 1.807) is 50.9 Å². The van der Waals surface area contributed by atoms with Crippen LogP contribution in [0, 0.1) is 5.82 Å². The Hall–Kier alpha value is -3.43. The van der Waals surface area contributed by atoms with Gasteiger partial charge in [-0.3, -0.25) is 4.79 Å². The van der Waals surface area contributed by atoms with Gasteiger partial charge >= 0.3 is 12.1 Å². The second-order valence-corrected chi connectivity index (χ2v) is 9.02. The molecule has 36 heavy (non-hydrogen) atoms. The van der Waals surface area contributed by atoms with Gasteiger partial charge in [0.1, 0.15) is 12.1 Å². The Labute approximate surface area is 215 Å². The molecule has 8 nitrogen and oxygen atoms in total. The SMILES string of the molecule is CC(C)O.CC1=C(C=O)C(c2cccc(Cl)c2)N(CCCN(C)C(=O)Nc2ccc(F)cc2)C(=O)N1. The van der Waals surface area contributed by atoms with Gasteiger partial charge in [0.25, 0.3) is 0 Å². The molecule has 0 saturated carbocycles. The molecule has 1 aliphatic heterocycles. The fraction of sp³-hybridized carbons (Fsp3) is 0.346. The van der Waals surface area contributed by atoms with Crippen LogP contribution in [-0.2, 0) is 4.79 Å². The van der Waals surface area contributed by atoms with Gasteiger partial charge in [-0.1, -0.05) is 23.7 Å². The number of carbonyl (C=O) groups is 3. The molecule has 0 aromatic heterocycles. The van der Waals surface area contributed by atoms with Crippen LogP contribution in [0.25, 0.3) is 0 Å². The summed E-state index contributed by atoms with van der Waals surface area (Å²) in [6, 6.07) is 11.3. The highest BCUT2D eigenvalue weighted by Crippen LogP contribution is 2.33. The van der Waals surface area contributed by atoms with Gasteiger partial charge in [-0.15, -0.1) is 0 Å². The van der Waals surface area contributed by atoms with E-state index >= 15 is 0 Å². The predicted molar refractivity (Wildman–Crippen MR) is 138 cm³/mol. The number of rotatable bonds is 7. The van der Waals surface area contributed by atoms with E-state index in [4.69, 9.17) is 16.7 Å². The first-order valence-electron chi connectivity index (χ1n) is 11.5. The van der Waals surface area contributed by atoms with Gasteiger partial charge in [-0.25, -0.2) is 14.0 Å². The Balaban J connectivity index is 0.00000106. The first-order valence-corrected chi connectivity index (χ1v) is 11.9. The molecule has 0 bridgehead atoms. The van der Waals surface area contributed by atoms with Crippen molar-refractivity contribution in [2.24, 2.45) is 0 Å². The number of halogens is 2. The number of urea groups is 2. The Morgan fingerprint density at radius 1 is 1.28 bits per heavy atom. The van der Waals surface area contributed by atoms with Crippen molar-refractivity contribution in [1.29, 1.82) is 0 Å². The van der Waals surface area contributed by atoms with E-state index in [0.717, 1.165) is 11.8 Å². The minimum atomic E-state index is -0.571. The highest BCUT2D eigenvalue weighted by atomic mass is 35.5. The van der Waals surface area contributed by atoms with Crippen LogP contribution in [0.5, 0.6) is 0 Å². The topological polar surface area (TPSA) is 102 Å². The van der Waals surface area contributed by atoms with Crippen LogP contribution in [0.15, 0.2) is 59.8 Å². The summed E-state index contributed by atoms with van der Waals surface area (Å²) in [5, 5.41) is 14.0. The van der Waals surface area contributed by atoms with Crippen LogP contribution in [0.3, 0.4) is 0 Å². The van der Waals surface area contributed by atoms with Crippen molar-refractivity contribution in [3.8, 4) is 0 Å². The van der Waals surface area contributed by atoms with Crippen molar-refractivity contribution < 1.29 is 23.9 Å². The summed E-state index contributed by atoms with van der Waals surface area (Å²) in [5.74, 6) is -0.385. The van der Waals surface area contributed by atoms with Gasteiger partial charge in [-0.2, -0.15) is 0 Å². The second-order valence-electron chi connectivity index (χ2n) is 8.59. The van der Waals surface area contributed by atoms with Gasteiger partial charge in [0.15, 0.2) is 0 Å². The monoisotopic (exact) mass is 518 g/mol. The van der Waals surface area contributed by atoms with E-state index < -0.39 is 6.04 Å². The van der Waals surface area contributed by atoms with E-state index in [0.29, 0.717) is 41.5 Å². The first-order chi connectivity index (χ1) is 17.0. The third kappa shape index (κ3) is 8.35. The largest absolute Gasteiger partial charge is 0.394 e. The Bertz CT molecular complexity index is 1090. The molecule has 0 radical (unpaired) electrons. The van der Waals surface area contributed by atoms with Crippen LogP contribution < -0.4 is 10.6 Å². The predicted octanol–water partition coefficient (Wildman–Crippen LogP) is 4.96. The van der Waals surface area contributed by atoms with Gasteiger partial charge in [0.05, 0.1) is 6.04 Å². The zero-order valence-electron chi connectivity index (χ0n) is 20.8. The van der Waals surface area contributed by atoms with E-state index in [-0.39, 0.29) is 24.0 Å². The molecule has 2 aromatic carbocycles. The number of aldehydes is 1. The molecular weight excluding hydrogens is 487 g/mol. The molecule has 1 unspecified atom stereocenters. The molecule has 194 valence electrons. The van der Waals surface area contributed by atoms with Crippen molar-refractivity contribution in [1.82, 2.24) is 15.1 Å². The second kappa shape index (κ2) is 13.6. The summed E-state index contributed by atoms with van der Waals surface area (Å²) in [6.45, 7) is 5.80. The molecule has 1 aliphatic rings. The number of nitrogens with one attached hydrogen (secondary N) is 2. The zero-order valence-corrected chi connectivity index (χ0v) is 21.6. The van der Waals surface area contributed by atoms with Crippen molar-refractivity contribution in [2.45, 2.75) is 39.3 Å². The number of hydrogen-bond donors (Lipinski definition) is 3. The fourth-order valence-corrected chi connectivity index (χ4v) is 3.74. The highest BCUT2D eigenvalue weighted by molar-refractivity contribution is 6.30. The molecule has 2 aromatic rings. The van der Waals surface area contributed by atoms with E-state index in [2.05, 4.69) is 10.6 Å². The van der Waals surface area contributed by atoms with Gasteiger partial charge in [0, 0.05) is 48.2 Å². The maximum Gasteiger partial charge on any atom is 0.322 e. The molecule has 3 rings (SSSR count). The molecule has 1 atom stereocenters. The van der Waals surface area contributed by atoms with E-state index in [9.17, 15) is 18.8 Å². The van der Waals surface area contributed by atoms with Gasteiger partial charge in [-0.05, 0) is 69.2 Å². The molecular formula is C26H32ClFN4O4. The van der Waals surface area contributed by atoms with Crippen LogP contribution in [-0.4, -0.2) is 59.5 Å². The molecule has 0 aliphatic carbocycles. The number of carbonyl (C=O) groups excluding carboxylic acids is 3. The zero-order chi connectivity index (χ0) is 26.8. The molecule has 10 heteroatoms. The summed E-state index contributed by atoms with van der Waals surface area (Å²) in [5.41, 5.74) is 2.17. The third-order valence-electron chi connectivity index (χ3n) is 5.22. The third-order valence-corrected chi connectivity index (χ3v) is 5.46. The van der Waals surface area contributed by atoms with E-state index in [1.165, 1.54) is 29.2 Å². The number of amides is 4. The molecule has 0 saturated heterocycles. The number of allylic oxidation sites excluding steroid dienone is 1. The smallest absolute Gasteiger partial charge is 0.322 e. The minimum Gasteiger partial charge on any atom is -0.394 e. The fourth-order valence-electron chi connectivity index (χ4n) is 3.55. The van der Waals surface area contributed by atoms with Gasteiger partial charge in [0.2, 0.25) is 0 Å². The minimum absolute atomic E-state index is 0.167. The van der Waals surface area contributed by atoms with Crippen LogP contribution in [0.2, 0.25) is 5.02 Å². The molecule has 0 spiro atoms. The number of aliphatic hydroxyl groups excluding tert-OH is 1. The lowest BCUT2D eigenvalue weighted by atomic mass is 9.94. The van der Waals surface area contributed by atoms with Crippen LogP contribution >= 0.6 is 11.6 Å². The quantitative estimate of drug-likeness (QED) is 0.451. The Morgan fingerprint density at radius 2 is 1.92 bits per heavy atom. The summed E-state index contributed by atoms with van der Waals surface area (Å²) in [6.07, 6.45) is 1.05. The molecule has 1 heterocycles.